The smallest absolute Gasteiger partial charge is 0.123 e. The first-order chi connectivity index (χ1) is 8.16. The second kappa shape index (κ2) is 5.11. The van der Waals surface area contributed by atoms with Crippen LogP contribution in [0.4, 0.5) is 4.39 Å². The van der Waals surface area contributed by atoms with Crippen LogP contribution >= 0.6 is 0 Å². The second-order valence-corrected chi connectivity index (χ2v) is 4.20. The van der Waals surface area contributed by atoms with E-state index in [1.807, 2.05) is 37.3 Å². The first kappa shape index (κ1) is 11.8. The van der Waals surface area contributed by atoms with E-state index in [4.69, 9.17) is 0 Å². The number of halogens is 1. The molecule has 0 radical (unpaired) electrons. The topological polar surface area (TPSA) is 20.2 Å². The Morgan fingerprint density at radius 3 is 2.47 bits per heavy atom. The van der Waals surface area contributed by atoms with Gasteiger partial charge in [0.25, 0.3) is 0 Å². The maximum absolute atomic E-state index is 12.9. The van der Waals surface area contributed by atoms with Crippen molar-refractivity contribution in [3.8, 4) is 0 Å². The molecule has 2 aromatic rings. The van der Waals surface area contributed by atoms with Crippen molar-refractivity contribution in [2.24, 2.45) is 0 Å². The molecular formula is C15H15FO. The van der Waals surface area contributed by atoms with Gasteiger partial charge >= 0.3 is 0 Å². The Morgan fingerprint density at radius 2 is 1.82 bits per heavy atom. The largest absolute Gasteiger partial charge is 0.388 e. The molecule has 1 atom stereocenters. The molecule has 0 saturated heterocycles. The van der Waals surface area contributed by atoms with Crippen LogP contribution in [0.3, 0.4) is 0 Å². The van der Waals surface area contributed by atoms with Crippen LogP contribution in [0.5, 0.6) is 0 Å². The van der Waals surface area contributed by atoms with Crippen LogP contribution in [0, 0.1) is 12.7 Å². The van der Waals surface area contributed by atoms with Gasteiger partial charge in [0.2, 0.25) is 0 Å². The third kappa shape index (κ3) is 2.92. The number of aliphatic hydroxyl groups is 1. The third-order valence-corrected chi connectivity index (χ3v) is 2.90. The highest BCUT2D eigenvalue weighted by Gasteiger charge is 2.09. The van der Waals surface area contributed by atoms with E-state index < -0.39 is 6.10 Å². The maximum Gasteiger partial charge on any atom is 0.123 e. The molecule has 1 nitrogen and oxygen atoms in total. The van der Waals surface area contributed by atoms with E-state index in [1.165, 1.54) is 12.1 Å². The van der Waals surface area contributed by atoms with Crippen molar-refractivity contribution in [3.63, 3.8) is 0 Å². The molecule has 1 N–H and O–H groups in total. The summed E-state index contributed by atoms with van der Waals surface area (Å²) in [4.78, 5) is 0. The average molecular weight is 230 g/mol. The summed E-state index contributed by atoms with van der Waals surface area (Å²) in [5.41, 5.74) is 2.74. The zero-order valence-electron chi connectivity index (χ0n) is 9.73. The summed E-state index contributed by atoms with van der Waals surface area (Å²) in [5.74, 6) is -0.236. The Bertz CT molecular complexity index is 494. The number of hydrogen-bond donors (Lipinski definition) is 1. The highest BCUT2D eigenvalue weighted by Crippen LogP contribution is 2.20. The lowest BCUT2D eigenvalue weighted by atomic mass is 9.98. The average Bonchev–Trinajstić information content (AvgIpc) is 2.34. The number of hydrogen-bond acceptors (Lipinski definition) is 1. The van der Waals surface area contributed by atoms with Crippen molar-refractivity contribution in [1.29, 1.82) is 0 Å². The molecule has 0 aromatic heterocycles. The standard InChI is InChI=1S/C15H15FO/c1-11-9-14(16)8-7-13(11)10-15(17)12-5-3-2-4-6-12/h2-9,15,17H,10H2,1H3. The van der Waals surface area contributed by atoms with Crippen molar-refractivity contribution in [2.75, 3.05) is 0 Å². The minimum Gasteiger partial charge on any atom is -0.388 e. The van der Waals surface area contributed by atoms with Crippen molar-refractivity contribution >= 4 is 0 Å². The predicted octanol–water partition coefficient (Wildman–Crippen LogP) is 3.41. The molecule has 2 heteroatoms. The van der Waals surface area contributed by atoms with Crippen LogP contribution in [-0.4, -0.2) is 5.11 Å². The van der Waals surface area contributed by atoms with Crippen LogP contribution < -0.4 is 0 Å². The van der Waals surface area contributed by atoms with Gasteiger partial charge in [-0.3, -0.25) is 0 Å². The fourth-order valence-corrected chi connectivity index (χ4v) is 1.89. The van der Waals surface area contributed by atoms with Crippen LogP contribution in [0.25, 0.3) is 0 Å². The molecule has 2 rings (SSSR count). The van der Waals surface area contributed by atoms with Gasteiger partial charge in [-0.15, -0.1) is 0 Å². The Hall–Kier alpha value is -1.67. The molecule has 88 valence electrons. The first-order valence-electron chi connectivity index (χ1n) is 5.65. The normalized spacial score (nSPS) is 12.4. The zero-order chi connectivity index (χ0) is 12.3. The molecular weight excluding hydrogens is 215 g/mol. The van der Waals surface area contributed by atoms with Gasteiger partial charge in [0, 0.05) is 6.42 Å². The summed E-state index contributed by atoms with van der Waals surface area (Å²) in [6, 6.07) is 14.2. The van der Waals surface area contributed by atoms with E-state index in [0.29, 0.717) is 6.42 Å². The van der Waals surface area contributed by atoms with Gasteiger partial charge in [0.1, 0.15) is 5.82 Å². The molecule has 0 bridgehead atoms. The lowest BCUT2D eigenvalue weighted by Gasteiger charge is -2.12. The molecule has 0 amide bonds. The van der Waals surface area contributed by atoms with Gasteiger partial charge in [-0.05, 0) is 35.7 Å². The van der Waals surface area contributed by atoms with Crippen LogP contribution in [0.15, 0.2) is 48.5 Å². The molecule has 1 unspecified atom stereocenters. The molecule has 0 heterocycles. The molecule has 0 aliphatic rings. The molecule has 2 aromatic carbocycles. The first-order valence-corrected chi connectivity index (χ1v) is 5.65. The molecule has 0 spiro atoms. The maximum atomic E-state index is 12.9. The SMILES string of the molecule is Cc1cc(F)ccc1CC(O)c1ccccc1. The third-order valence-electron chi connectivity index (χ3n) is 2.90. The van der Waals surface area contributed by atoms with Crippen molar-refractivity contribution in [1.82, 2.24) is 0 Å². The van der Waals surface area contributed by atoms with E-state index in [1.54, 1.807) is 6.07 Å². The van der Waals surface area contributed by atoms with Crippen LogP contribution in [0.1, 0.15) is 22.8 Å². The summed E-state index contributed by atoms with van der Waals surface area (Å²) in [7, 11) is 0. The fraction of sp³-hybridized carbons (Fsp3) is 0.200. The van der Waals surface area contributed by atoms with Crippen molar-refractivity contribution in [2.45, 2.75) is 19.4 Å². The van der Waals surface area contributed by atoms with Gasteiger partial charge in [-0.1, -0.05) is 36.4 Å². The van der Waals surface area contributed by atoms with Gasteiger partial charge in [0.05, 0.1) is 6.10 Å². The fourth-order valence-electron chi connectivity index (χ4n) is 1.89. The summed E-state index contributed by atoms with van der Waals surface area (Å²) in [6.45, 7) is 1.86. The van der Waals surface area contributed by atoms with E-state index in [9.17, 15) is 9.50 Å². The lowest BCUT2D eigenvalue weighted by Crippen LogP contribution is -2.03. The van der Waals surface area contributed by atoms with Crippen LogP contribution in [0.2, 0.25) is 0 Å². The molecule has 0 aliphatic carbocycles. The number of aliphatic hydroxyl groups excluding tert-OH is 1. The summed E-state index contributed by atoms with van der Waals surface area (Å²) in [6.07, 6.45) is -0.0313. The minimum atomic E-state index is -0.541. The van der Waals surface area contributed by atoms with E-state index in [-0.39, 0.29) is 5.82 Å². The molecule has 0 saturated carbocycles. The van der Waals surface area contributed by atoms with Crippen molar-refractivity contribution < 1.29 is 9.50 Å². The number of aryl methyl sites for hydroxylation is 1. The van der Waals surface area contributed by atoms with E-state index in [2.05, 4.69) is 0 Å². The highest BCUT2D eigenvalue weighted by atomic mass is 19.1. The van der Waals surface area contributed by atoms with E-state index >= 15 is 0 Å². The zero-order valence-corrected chi connectivity index (χ0v) is 9.73. The summed E-state index contributed by atoms with van der Waals surface area (Å²) in [5, 5.41) is 10.1. The van der Waals surface area contributed by atoms with Gasteiger partial charge in [-0.25, -0.2) is 4.39 Å². The number of benzene rings is 2. The van der Waals surface area contributed by atoms with Crippen molar-refractivity contribution in [3.05, 3.63) is 71.0 Å². The van der Waals surface area contributed by atoms with Gasteiger partial charge in [-0.2, -0.15) is 0 Å². The Morgan fingerprint density at radius 1 is 1.12 bits per heavy atom. The predicted molar refractivity (Wildman–Crippen MR) is 66.2 cm³/mol. The monoisotopic (exact) mass is 230 g/mol. The van der Waals surface area contributed by atoms with Crippen LogP contribution in [-0.2, 0) is 6.42 Å². The lowest BCUT2D eigenvalue weighted by molar-refractivity contribution is 0.178. The van der Waals surface area contributed by atoms with Gasteiger partial charge in [0.15, 0.2) is 0 Å². The molecule has 17 heavy (non-hydrogen) atoms. The van der Waals surface area contributed by atoms with E-state index in [0.717, 1.165) is 16.7 Å². The Labute approximate surface area is 101 Å². The number of rotatable bonds is 3. The highest BCUT2D eigenvalue weighted by molar-refractivity contribution is 5.29. The summed E-state index contributed by atoms with van der Waals surface area (Å²) < 4.78 is 12.9. The molecule has 0 fully saturated rings. The second-order valence-electron chi connectivity index (χ2n) is 4.20. The van der Waals surface area contributed by atoms with Gasteiger partial charge < -0.3 is 5.11 Å². The molecule has 0 aliphatic heterocycles. The Kier molecular flexibility index (Phi) is 3.55. The quantitative estimate of drug-likeness (QED) is 0.856. The minimum absolute atomic E-state index is 0.236. The summed E-state index contributed by atoms with van der Waals surface area (Å²) >= 11 is 0. The Balaban J connectivity index is 2.16.